The van der Waals surface area contributed by atoms with Crippen molar-refractivity contribution in [3.63, 3.8) is 0 Å². The number of nitrogen functional groups attached to an aromatic ring is 2. The zero-order chi connectivity index (χ0) is 31.5. The van der Waals surface area contributed by atoms with E-state index in [1.165, 1.54) is 29.9 Å². The van der Waals surface area contributed by atoms with Gasteiger partial charge in [-0.2, -0.15) is 0 Å². The SMILES string of the molecule is Nc1ncnc2c1ncn2[C@H]1[C@H](O)[C@@H]2O[P@](=O)(S)OC[C@H]3O[C@@H](n4cnc5c(N)ncnc54)[C@H](O[P@@](=O)(S)OC[C@]24C[C@H]14)[C@@H]3O. The fourth-order valence-corrected chi connectivity index (χ4v) is 9.76. The van der Waals surface area contributed by atoms with E-state index in [0.717, 1.165) is 0 Å². The van der Waals surface area contributed by atoms with E-state index in [1.54, 1.807) is 4.57 Å². The maximum Gasteiger partial charge on any atom is 0.386 e. The van der Waals surface area contributed by atoms with Crippen LogP contribution in [0.5, 0.6) is 0 Å². The molecule has 2 aliphatic carbocycles. The van der Waals surface area contributed by atoms with E-state index in [9.17, 15) is 19.3 Å². The van der Waals surface area contributed by atoms with Gasteiger partial charge in [0.25, 0.3) is 0 Å². The molecular formula is C22H26N10O9P2S2. The highest BCUT2D eigenvalue weighted by atomic mass is 32.7. The van der Waals surface area contributed by atoms with Gasteiger partial charge in [0, 0.05) is 5.41 Å². The van der Waals surface area contributed by atoms with Gasteiger partial charge in [-0.15, -0.1) is 0 Å². The van der Waals surface area contributed by atoms with Crippen LogP contribution in [0.2, 0.25) is 0 Å². The minimum atomic E-state index is -4.25. The molecule has 23 heteroatoms. The van der Waals surface area contributed by atoms with E-state index in [2.05, 4.69) is 54.4 Å². The number of aromatic nitrogens is 8. The highest BCUT2D eigenvalue weighted by Crippen LogP contribution is 2.73. The van der Waals surface area contributed by atoms with Gasteiger partial charge < -0.3 is 35.5 Å². The predicted octanol–water partition coefficient (Wildman–Crippen LogP) is 0.904. The van der Waals surface area contributed by atoms with E-state index in [4.69, 9.17) is 34.3 Å². The predicted molar refractivity (Wildman–Crippen MR) is 160 cm³/mol. The molecule has 240 valence electrons. The average Bonchev–Trinajstić information content (AvgIpc) is 3.28. The summed E-state index contributed by atoms with van der Waals surface area (Å²) in [5, 5.41) is 22.8. The number of nitrogens with two attached hydrogens (primary N) is 2. The summed E-state index contributed by atoms with van der Waals surface area (Å²) in [4.78, 5) is 24.9. The Morgan fingerprint density at radius 1 is 0.867 bits per heavy atom. The number of ether oxygens (including phenoxy) is 1. The van der Waals surface area contributed by atoms with Crippen LogP contribution in [-0.2, 0) is 32.0 Å². The van der Waals surface area contributed by atoms with Crippen LogP contribution in [0.15, 0.2) is 25.3 Å². The third kappa shape index (κ3) is 4.71. The summed E-state index contributed by atoms with van der Waals surface area (Å²) >= 11 is 8.39. The smallest absolute Gasteiger partial charge is 0.386 e. The Kier molecular flexibility index (Phi) is 6.85. The minimum Gasteiger partial charge on any atom is -0.388 e. The number of rotatable bonds is 2. The van der Waals surface area contributed by atoms with E-state index in [1.807, 2.05) is 0 Å². The molecule has 4 aromatic heterocycles. The Labute approximate surface area is 263 Å². The highest BCUT2D eigenvalue weighted by Gasteiger charge is 2.74. The second-order valence-corrected chi connectivity index (χ2v) is 17.1. The van der Waals surface area contributed by atoms with Gasteiger partial charge in [-0.25, -0.2) is 39.0 Å². The van der Waals surface area contributed by atoms with E-state index >= 15 is 0 Å². The normalized spacial score (nSPS) is 41.7. The van der Waals surface area contributed by atoms with Crippen LogP contribution in [0.1, 0.15) is 18.7 Å². The zero-order valence-corrected chi connectivity index (χ0v) is 26.4. The van der Waals surface area contributed by atoms with Gasteiger partial charge in [-0.3, -0.25) is 18.1 Å². The molecule has 19 nitrogen and oxygen atoms in total. The van der Waals surface area contributed by atoms with E-state index in [-0.39, 0.29) is 35.3 Å². The van der Waals surface area contributed by atoms with Crippen molar-refractivity contribution in [2.45, 2.75) is 49.2 Å². The number of thiol groups is 2. The number of nitrogens with zero attached hydrogens (tertiary/aromatic N) is 8. The van der Waals surface area contributed by atoms with Gasteiger partial charge in [0.1, 0.15) is 54.2 Å². The maximum atomic E-state index is 13.7. The molecule has 2 aliphatic heterocycles. The summed E-state index contributed by atoms with van der Waals surface area (Å²) in [7, 11) is 0. The molecule has 2 bridgehead atoms. The van der Waals surface area contributed by atoms with Crippen LogP contribution in [-0.4, -0.2) is 93.0 Å². The number of imidazole rings is 2. The Hall–Kier alpha value is -2.42. The molecule has 0 unspecified atom stereocenters. The summed E-state index contributed by atoms with van der Waals surface area (Å²) in [5.74, 6) is -0.0617. The molecule has 1 spiro atoms. The molecule has 6 N–H and O–H groups in total. The minimum absolute atomic E-state index is 0.109. The lowest BCUT2D eigenvalue weighted by molar-refractivity contribution is -0.0554. The van der Waals surface area contributed by atoms with Crippen LogP contribution in [0.25, 0.3) is 22.3 Å². The topological polar surface area (TPSA) is 260 Å². The van der Waals surface area contributed by atoms with Gasteiger partial charge in [0.05, 0.1) is 31.9 Å². The Balaban J connectivity index is 1.14. The molecule has 8 rings (SSSR count). The first-order valence-electron chi connectivity index (χ1n) is 13.6. The first kappa shape index (κ1) is 29.9. The second-order valence-electron chi connectivity index (χ2n) is 11.3. The lowest BCUT2D eigenvalue weighted by Gasteiger charge is -2.31. The van der Waals surface area contributed by atoms with Crippen LogP contribution < -0.4 is 11.5 Å². The number of aliphatic hydroxyl groups is 2. The number of aliphatic hydroxyl groups excluding tert-OH is 2. The van der Waals surface area contributed by atoms with Crippen molar-refractivity contribution in [3.05, 3.63) is 25.3 Å². The van der Waals surface area contributed by atoms with Crippen LogP contribution >= 0.6 is 38.1 Å². The third-order valence-electron chi connectivity index (χ3n) is 8.90. The number of hydrogen-bond acceptors (Lipinski definition) is 17. The molecule has 11 atom stereocenters. The largest absolute Gasteiger partial charge is 0.388 e. The lowest BCUT2D eigenvalue weighted by atomic mass is 10.0. The molecule has 6 heterocycles. The van der Waals surface area contributed by atoms with Gasteiger partial charge >= 0.3 is 13.6 Å². The maximum absolute atomic E-state index is 13.7. The van der Waals surface area contributed by atoms with Crippen LogP contribution in [0.4, 0.5) is 11.6 Å². The first-order valence-corrected chi connectivity index (χ1v) is 19.0. The molecular weight excluding hydrogens is 674 g/mol. The summed E-state index contributed by atoms with van der Waals surface area (Å²) in [6.45, 7) is -9.24. The summed E-state index contributed by atoms with van der Waals surface area (Å²) in [6, 6.07) is -0.672. The molecule has 4 fully saturated rings. The Bertz CT molecular complexity index is 1930. The summed E-state index contributed by atoms with van der Waals surface area (Å²) in [5.41, 5.74) is 12.1. The molecule has 2 saturated carbocycles. The zero-order valence-electron chi connectivity index (χ0n) is 22.8. The molecule has 2 saturated heterocycles. The molecule has 45 heavy (non-hydrogen) atoms. The number of hydrogen-bond donors (Lipinski definition) is 6. The summed E-state index contributed by atoms with van der Waals surface area (Å²) < 4.78 is 59.6. The van der Waals surface area contributed by atoms with Crippen molar-refractivity contribution >= 4 is 72.1 Å². The molecule has 0 radical (unpaired) electrons. The van der Waals surface area contributed by atoms with Gasteiger partial charge in [-0.1, -0.05) is 24.5 Å². The van der Waals surface area contributed by atoms with E-state index in [0.29, 0.717) is 17.6 Å². The number of fused-ring (bicyclic) bond motifs is 4. The fraction of sp³-hybridized carbons (Fsp3) is 0.545. The van der Waals surface area contributed by atoms with Crippen molar-refractivity contribution in [1.82, 2.24) is 39.0 Å². The fourth-order valence-electron chi connectivity index (χ4n) is 6.73. The molecule has 4 aliphatic rings. The van der Waals surface area contributed by atoms with Crippen molar-refractivity contribution < 1.29 is 42.2 Å². The van der Waals surface area contributed by atoms with Crippen LogP contribution in [0.3, 0.4) is 0 Å². The van der Waals surface area contributed by atoms with Crippen LogP contribution in [0, 0.1) is 11.3 Å². The monoisotopic (exact) mass is 700 g/mol. The van der Waals surface area contributed by atoms with Gasteiger partial charge in [0.2, 0.25) is 0 Å². The van der Waals surface area contributed by atoms with Crippen molar-refractivity contribution in [2.75, 3.05) is 24.7 Å². The van der Waals surface area contributed by atoms with Crippen molar-refractivity contribution in [1.29, 1.82) is 0 Å². The van der Waals surface area contributed by atoms with Crippen molar-refractivity contribution in [2.24, 2.45) is 11.3 Å². The Morgan fingerprint density at radius 3 is 2.18 bits per heavy atom. The highest BCUT2D eigenvalue weighted by molar-refractivity contribution is 8.44. The third-order valence-corrected chi connectivity index (χ3v) is 12.1. The lowest BCUT2D eigenvalue weighted by Crippen LogP contribution is -2.37. The molecule has 0 amide bonds. The molecule has 4 aromatic rings. The average molecular weight is 701 g/mol. The Morgan fingerprint density at radius 2 is 1.49 bits per heavy atom. The van der Waals surface area contributed by atoms with Gasteiger partial charge in [0.15, 0.2) is 29.2 Å². The van der Waals surface area contributed by atoms with Crippen molar-refractivity contribution in [3.8, 4) is 0 Å². The summed E-state index contributed by atoms with van der Waals surface area (Å²) in [6.07, 6.45) is -1.85. The molecule has 0 aromatic carbocycles. The van der Waals surface area contributed by atoms with Gasteiger partial charge in [-0.05, 0) is 12.3 Å². The van der Waals surface area contributed by atoms with E-state index < -0.39 is 68.4 Å². The standard InChI is InChI=1S/C22H26N10O9P2S2/c23-17-10-19(27-4-25-17)31(6-29-10)12-8-1-22(8)3-38-43(36,45)40-15-13(33)9(2-37-42(35,44)41-16(22)14(12)34)39-21(15)32-7-30-11-18(24)26-5-28-20(11)32/h4-9,12-16,21,33-34H,1-3H2,(H,35,44)(H,36,45)(H2,23,25,27)(H2,24,26,28)/t8-,9-,12-,13-,14+,15-,16+,21-,22+,42-,43+/m1/s1. The first-order chi connectivity index (χ1) is 21.4. The second kappa shape index (κ2) is 10.3. The quantitative estimate of drug-likeness (QED) is 0.125. The number of anilines is 2.